The molecule has 0 unspecified atom stereocenters. The average Bonchev–Trinajstić information content (AvgIpc) is 3.48. The van der Waals surface area contributed by atoms with Gasteiger partial charge in [-0.3, -0.25) is 4.57 Å². The smallest absolute Gasteiger partial charge is 0.196 e. The summed E-state index contributed by atoms with van der Waals surface area (Å²) in [5.41, 5.74) is 3.34. The molecule has 0 bridgehead atoms. The van der Waals surface area contributed by atoms with Gasteiger partial charge >= 0.3 is 0 Å². The maximum Gasteiger partial charge on any atom is 0.196 e. The zero-order valence-corrected chi connectivity index (χ0v) is 19.3. The van der Waals surface area contributed by atoms with Crippen LogP contribution in [0.15, 0.2) is 89.8 Å². The van der Waals surface area contributed by atoms with Crippen LogP contribution >= 0.6 is 23.4 Å². The third kappa shape index (κ3) is 4.27. The molecule has 0 aliphatic heterocycles. The molecule has 0 amide bonds. The number of rotatable bonds is 6. The standard InChI is InChI=1S/C25H17ClN6OS/c26-17-12-10-16(11-13-17)24-30-31-25(32(24)18-6-2-1-3-7-18)34-15-22(33)19(14-27)23-28-20-8-4-5-9-21(20)29-23/h1-13,33H,15H2,(H,28,29). The van der Waals surface area contributed by atoms with E-state index in [0.29, 0.717) is 21.8 Å². The summed E-state index contributed by atoms with van der Waals surface area (Å²) < 4.78 is 1.91. The van der Waals surface area contributed by atoms with E-state index < -0.39 is 0 Å². The van der Waals surface area contributed by atoms with Gasteiger partial charge in [-0.25, -0.2) is 4.98 Å². The highest BCUT2D eigenvalue weighted by molar-refractivity contribution is 7.99. The van der Waals surface area contributed by atoms with Gasteiger partial charge in [0, 0.05) is 16.3 Å². The van der Waals surface area contributed by atoms with Gasteiger partial charge in [0.1, 0.15) is 17.4 Å². The van der Waals surface area contributed by atoms with Crippen molar-refractivity contribution in [3.63, 3.8) is 0 Å². The summed E-state index contributed by atoms with van der Waals surface area (Å²) in [5.74, 6) is 0.993. The monoisotopic (exact) mass is 484 g/mol. The molecule has 166 valence electrons. The predicted octanol–water partition coefficient (Wildman–Crippen LogP) is 6.05. The Hall–Kier alpha value is -4.06. The van der Waals surface area contributed by atoms with E-state index >= 15 is 0 Å². The van der Waals surface area contributed by atoms with E-state index in [2.05, 4.69) is 26.2 Å². The molecule has 0 saturated carbocycles. The second-order valence-electron chi connectivity index (χ2n) is 7.31. The fraction of sp³-hybridized carbons (Fsp3) is 0.0400. The number of nitrogens with one attached hydrogen (secondary N) is 1. The number of aromatic amines is 1. The number of halogens is 1. The highest BCUT2D eigenvalue weighted by atomic mass is 35.5. The number of nitrogens with zero attached hydrogens (tertiary/aromatic N) is 5. The van der Waals surface area contributed by atoms with Crippen molar-refractivity contribution in [1.29, 1.82) is 5.26 Å². The number of thioether (sulfide) groups is 1. The molecule has 9 heteroatoms. The predicted molar refractivity (Wildman–Crippen MR) is 134 cm³/mol. The Morgan fingerprint density at radius 1 is 1.00 bits per heavy atom. The first-order valence-electron chi connectivity index (χ1n) is 10.3. The van der Waals surface area contributed by atoms with E-state index in [1.54, 1.807) is 12.1 Å². The molecule has 5 aromatic rings. The van der Waals surface area contributed by atoms with Gasteiger partial charge in [-0.1, -0.05) is 53.7 Å². The minimum Gasteiger partial charge on any atom is -0.510 e. The van der Waals surface area contributed by atoms with Crippen LogP contribution in [0.5, 0.6) is 0 Å². The van der Waals surface area contributed by atoms with E-state index in [4.69, 9.17) is 11.6 Å². The van der Waals surface area contributed by atoms with Crippen molar-refractivity contribution in [2.75, 3.05) is 5.75 Å². The Labute approximate surface area is 204 Å². The molecule has 0 aliphatic rings. The van der Waals surface area contributed by atoms with Crippen molar-refractivity contribution < 1.29 is 5.11 Å². The Balaban J connectivity index is 1.49. The van der Waals surface area contributed by atoms with Crippen molar-refractivity contribution in [3.8, 4) is 23.1 Å². The van der Waals surface area contributed by atoms with Crippen LogP contribution in [0.4, 0.5) is 0 Å². The molecule has 0 radical (unpaired) electrons. The largest absolute Gasteiger partial charge is 0.510 e. The maximum atomic E-state index is 10.8. The number of hydrogen-bond acceptors (Lipinski definition) is 6. The minimum absolute atomic E-state index is 0.0902. The van der Waals surface area contributed by atoms with Crippen molar-refractivity contribution >= 4 is 40.0 Å². The van der Waals surface area contributed by atoms with Gasteiger partial charge in [0.2, 0.25) is 0 Å². The maximum absolute atomic E-state index is 10.8. The van der Waals surface area contributed by atoms with Gasteiger partial charge in [-0.2, -0.15) is 5.26 Å². The van der Waals surface area contributed by atoms with E-state index in [1.165, 1.54) is 11.8 Å². The van der Waals surface area contributed by atoms with E-state index in [-0.39, 0.29) is 17.1 Å². The molecule has 34 heavy (non-hydrogen) atoms. The van der Waals surface area contributed by atoms with Crippen molar-refractivity contribution in [2.24, 2.45) is 0 Å². The number of imidazole rings is 1. The normalized spacial score (nSPS) is 11.9. The Morgan fingerprint density at radius 3 is 2.47 bits per heavy atom. The molecule has 2 heterocycles. The minimum atomic E-state index is -0.0952. The lowest BCUT2D eigenvalue weighted by molar-refractivity contribution is 0.420. The fourth-order valence-electron chi connectivity index (χ4n) is 3.49. The zero-order valence-electron chi connectivity index (χ0n) is 17.7. The molecular formula is C25H17ClN6OS. The van der Waals surface area contributed by atoms with Crippen LogP contribution in [-0.2, 0) is 0 Å². The van der Waals surface area contributed by atoms with Gasteiger partial charge in [0.05, 0.1) is 16.8 Å². The molecule has 7 nitrogen and oxygen atoms in total. The first kappa shape index (κ1) is 21.8. The second kappa shape index (κ2) is 9.43. The SMILES string of the molecule is N#CC(=C(O)CSc1nnc(-c2ccc(Cl)cc2)n1-c1ccccc1)c1nc2ccccc2[nH]1. The number of allylic oxidation sites excluding steroid dienone is 1. The molecule has 0 saturated heterocycles. The van der Waals surface area contributed by atoms with Crippen LogP contribution in [0, 0.1) is 11.3 Å². The molecule has 2 N–H and O–H groups in total. The van der Waals surface area contributed by atoms with Crippen LogP contribution in [0.2, 0.25) is 5.02 Å². The summed E-state index contributed by atoms with van der Waals surface area (Å²) in [6.45, 7) is 0. The lowest BCUT2D eigenvalue weighted by Gasteiger charge is -2.10. The van der Waals surface area contributed by atoms with Gasteiger partial charge < -0.3 is 10.1 Å². The van der Waals surface area contributed by atoms with Crippen LogP contribution in [-0.4, -0.2) is 35.6 Å². The Bertz CT molecular complexity index is 1500. The highest BCUT2D eigenvalue weighted by Crippen LogP contribution is 2.30. The summed E-state index contributed by atoms with van der Waals surface area (Å²) in [6, 6.07) is 26.6. The van der Waals surface area contributed by atoms with E-state index in [9.17, 15) is 10.4 Å². The highest BCUT2D eigenvalue weighted by Gasteiger charge is 2.19. The van der Waals surface area contributed by atoms with Gasteiger partial charge in [-0.05, 0) is 48.5 Å². The summed E-state index contributed by atoms with van der Waals surface area (Å²) in [7, 11) is 0. The van der Waals surface area contributed by atoms with Gasteiger partial charge in [0.25, 0.3) is 0 Å². The first-order chi connectivity index (χ1) is 16.6. The number of aromatic nitrogens is 5. The lowest BCUT2D eigenvalue weighted by atomic mass is 10.2. The van der Waals surface area contributed by atoms with Crippen LogP contribution in [0.25, 0.3) is 33.7 Å². The number of hydrogen-bond donors (Lipinski definition) is 2. The van der Waals surface area contributed by atoms with Gasteiger partial charge in [0.15, 0.2) is 16.8 Å². The van der Waals surface area contributed by atoms with Gasteiger partial charge in [-0.15, -0.1) is 10.2 Å². The Kier molecular flexibility index (Phi) is 6.04. The second-order valence-corrected chi connectivity index (χ2v) is 8.69. The summed E-state index contributed by atoms with van der Waals surface area (Å²) in [4.78, 5) is 7.52. The summed E-state index contributed by atoms with van der Waals surface area (Å²) in [6.07, 6.45) is 0. The molecule has 5 rings (SSSR count). The summed E-state index contributed by atoms with van der Waals surface area (Å²) in [5, 5.41) is 30.4. The van der Waals surface area contributed by atoms with Crippen molar-refractivity contribution in [1.82, 2.24) is 24.7 Å². The molecule has 2 aromatic heterocycles. The quantitative estimate of drug-likeness (QED) is 0.173. The number of aliphatic hydroxyl groups is 1. The number of nitriles is 1. The Morgan fingerprint density at radius 2 is 1.74 bits per heavy atom. The van der Waals surface area contributed by atoms with Crippen molar-refractivity contribution in [2.45, 2.75) is 5.16 Å². The molecule has 0 fully saturated rings. The number of para-hydroxylation sites is 3. The fourth-order valence-corrected chi connectivity index (χ4v) is 4.45. The van der Waals surface area contributed by atoms with Crippen LogP contribution in [0.3, 0.4) is 0 Å². The third-order valence-electron chi connectivity index (χ3n) is 5.11. The summed E-state index contributed by atoms with van der Waals surface area (Å²) >= 11 is 7.33. The molecule has 0 spiro atoms. The molecule has 0 atom stereocenters. The number of aliphatic hydroxyl groups excluding tert-OH is 1. The average molecular weight is 485 g/mol. The number of fused-ring (bicyclic) bond motifs is 1. The molecule has 0 aliphatic carbocycles. The zero-order chi connectivity index (χ0) is 23.5. The van der Waals surface area contributed by atoms with E-state index in [1.807, 2.05) is 71.3 Å². The number of benzene rings is 3. The van der Waals surface area contributed by atoms with Crippen molar-refractivity contribution in [3.05, 3.63) is 95.5 Å². The lowest BCUT2D eigenvalue weighted by Crippen LogP contribution is -2.01. The molecular weight excluding hydrogens is 468 g/mol. The molecule has 3 aromatic carbocycles. The van der Waals surface area contributed by atoms with Crippen LogP contribution in [0.1, 0.15) is 5.82 Å². The first-order valence-corrected chi connectivity index (χ1v) is 11.7. The topological polar surface area (TPSA) is 103 Å². The van der Waals surface area contributed by atoms with Crippen LogP contribution < -0.4 is 0 Å². The van der Waals surface area contributed by atoms with E-state index in [0.717, 1.165) is 22.3 Å². The third-order valence-corrected chi connectivity index (χ3v) is 6.31. The number of H-pyrrole nitrogens is 1.